The number of nitrogens with one attached hydrogen (secondary N) is 3. The lowest BCUT2D eigenvalue weighted by Gasteiger charge is -2.08. The average Bonchev–Trinajstić information content (AvgIpc) is 2.96. The molecule has 0 aliphatic carbocycles. The Labute approximate surface area is 144 Å². The molecular weight excluding hydrogens is 340 g/mol. The molecule has 0 spiro atoms. The molecule has 0 bridgehead atoms. The highest BCUT2D eigenvalue weighted by atomic mass is 16.4. The van der Waals surface area contributed by atoms with Crippen LogP contribution < -0.4 is 16.4 Å². The van der Waals surface area contributed by atoms with Crippen molar-refractivity contribution in [3.05, 3.63) is 62.6 Å². The molecule has 0 fully saturated rings. The summed E-state index contributed by atoms with van der Waals surface area (Å²) < 4.78 is 1.42. The maximum Gasteiger partial charge on any atom is 0.337 e. The number of aromatic nitrogens is 5. The van der Waals surface area contributed by atoms with Gasteiger partial charge in [0.25, 0.3) is 11.1 Å². The number of nitrogens with zero attached hydrogens (tertiary/aromatic N) is 3. The summed E-state index contributed by atoms with van der Waals surface area (Å²) in [6.07, 6.45) is 2.70. The second kappa shape index (κ2) is 5.55. The van der Waals surface area contributed by atoms with E-state index >= 15 is 0 Å². The predicted octanol–water partition coefficient (Wildman–Crippen LogP) is 1.01. The molecule has 0 atom stereocenters. The molecule has 10 heteroatoms. The summed E-state index contributed by atoms with van der Waals surface area (Å²) in [6, 6.07) is 4.68. The lowest BCUT2D eigenvalue weighted by Crippen LogP contribution is -2.18. The Balaban J connectivity index is 1.87. The molecule has 0 amide bonds. The van der Waals surface area contributed by atoms with Crippen LogP contribution in [-0.2, 0) is 0 Å². The summed E-state index contributed by atoms with van der Waals surface area (Å²) in [4.78, 5) is 39.2. The van der Waals surface area contributed by atoms with E-state index in [9.17, 15) is 19.5 Å². The molecule has 0 aliphatic heterocycles. The first-order chi connectivity index (χ1) is 12.5. The number of aromatic carboxylic acids is 1. The Kier molecular flexibility index (Phi) is 3.32. The van der Waals surface area contributed by atoms with E-state index in [0.717, 1.165) is 0 Å². The summed E-state index contributed by atoms with van der Waals surface area (Å²) in [6.45, 7) is 1.66. The largest absolute Gasteiger partial charge is 0.478 e. The van der Waals surface area contributed by atoms with Gasteiger partial charge in [0.1, 0.15) is 11.8 Å². The number of hydrogen-bond acceptors (Lipinski definition) is 6. The summed E-state index contributed by atoms with van der Waals surface area (Å²) >= 11 is 0. The second-order valence-corrected chi connectivity index (χ2v) is 5.67. The first-order valence-electron chi connectivity index (χ1n) is 7.53. The lowest BCUT2D eigenvalue weighted by molar-refractivity contribution is 0.0696. The molecule has 4 aromatic rings. The van der Waals surface area contributed by atoms with Crippen LogP contribution in [0.5, 0.6) is 0 Å². The number of carbonyl (C=O) groups is 1. The van der Waals surface area contributed by atoms with E-state index in [4.69, 9.17) is 0 Å². The zero-order chi connectivity index (χ0) is 18.4. The van der Waals surface area contributed by atoms with Crippen LogP contribution in [-0.4, -0.2) is 35.9 Å². The minimum absolute atomic E-state index is 0.120. The molecule has 0 saturated carbocycles. The fourth-order valence-electron chi connectivity index (χ4n) is 2.86. The van der Waals surface area contributed by atoms with Gasteiger partial charge in [-0.3, -0.25) is 19.8 Å². The van der Waals surface area contributed by atoms with E-state index in [0.29, 0.717) is 22.6 Å². The monoisotopic (exact) mass is 352 g/mol. The normalized spacial score (nSPS) is 11.1. The number of rotatable bonds is 3. The predicted molar refractivity (Wildman–Crippen MR) is 93.2 cm³/mol. The van der Waals surface area contributed by atoms with Crippen molar-refractivity contribution in [1.82, 2.24) is 24.8 Å². The number of carboxylic acids is 1. The van der Waals surface area contributed by atoms with E-state index in [-0.39, 0.29) is 16.3 Å². The van der Waals surface area contributed by atoms with Gasteiger partial charge in [-0.2, -0.15) is 5.10 Å². The van der Waals surface area contributed by atoms with Gasteiger partial charge in [0, 0.05) is 11.9 Å². The first-order valence-corrected chi connectivity index (χ1v) is 7.53. The van der Waals surface area contributed by atoms with Gasteiger partial charge in [0.15, 0.2) is 5.82 Å². The molecular formula is C16H12N6O4. The van der Waals surface area contributed by atoms with Gasteiger partial charge < -0.3 is 10.4 Å². The molecule has 0 aliphatic rings. The van der Waals surface area contributed by atoms with Gasteiger partial charge in [-0.1, -0.05) is 0 Å². The molecule has 26 heavy (non-hydrogen) atoms. The third-order valence-corrected chi connectivity index (χ3v) is 4.12. The fourth-order valence-corrected chi connectivity index (χ4v) is 2.86. The van der Waals surface area contributed by atoms with Crippen LogP contribution in [0, 0.1) is 6.92 Å². The Morgan fingerprint density at radius 1 is 1.19 bits per heavy atom. The maximum absolute atomic E-state index is 11.9. The Morgan fingerprint density at radius 3 is 2.65 bits per heavy atom. The van der Waals surface area contributed by atoms with Gasteiger partial charge in [-0.25, -0.2) is 14.3 Å². The summed E-state index contributed by atoms with van der Waals surface area (Å²) in [5.41, 5.74) is 0.828. The van der Waals surface area contributed by atoms with E-state index < -0.39 is 17.1 Å². The van der Waals surface area contributed by atoms with Crippen molar-refractivity contribution < 1.29 is 9.90 Å². The average molecular weight is 352 g/mol. The molecule has 4 N–H and O–H groups in total. The fraction of sp³-hybridized carbons (Fsp3) is 0.0625. The third-order valence-electron chi connectivity index (χ3n) is 4.12. The highest BCUT2D eigenvalue weighted by Gasteiger charge is 2.17. The number of aryl methyl sites for hydroxylation is 1. The van der Waals surface area contributed by atoms with Crippen LogP contribution in [0.3, 0.4) is 0 Å². The van der Waals surface area contributed by atoms with E-state index in [1.165, 1.54) is 29.2 Å². The summed E-state index contributed by atoms with van der Waals surface area (Å²) in [7, 11) is 0. The van der Waals surface area contributed by atoms with Crippen LogP contribution in [0.4, 0.5) is 11.5 Å². The van der Waals surface area contributed by atoms with Crippen LogP contribution in [0.1, 0.15) is 15.9 Å². The topological polar surface area (TPSA) is 145 Å². The highest BCUT2D eigenvalue weighted by Crippen LogP contribution is 2.26. The van der Waals surface area contributed by atoms with E-state index in [1.54, 1.807) is 13.0 Å². The van der Waals surface area contributed by atoms with Gasteiger partial charge in [0.2, 0.25) is 0 Å². The highest BCUT2D eigenvalue weighted by molar-refractivity contribution is 5.94. The van der Waals surface area contributed by atoms with Crippen LogP contribution in [0.2, 0.25) is 0 Å². The lowest BCUT2D eigenvalue weighted by atomic mass is 10.1. The molecule has 130 valence electrons. The zero-order valence-electron chi connectivity index (χ0n) is 13.4. The SMILES string of the molecule is Cc1c(C(=O)O)cn2ncnc(Nc3ccc4c(=O)[nH][nH]c(=O)c4c3)c12. The molecule has 4 rings (SSSR count). The smallest absolute Gasteiger partial charge is 0.337 e. The van der Waals surface area contributed by atoms with Gasteiger partial charge in [-0.05, 0) is 30.7 Å². The molecule has 3 aromatic heterocycles. The first kappa shape index (κ1) is 15.6. The Hall–Kier alpha value is -3.95. The maximum atomic E-state index is 11.9. The Bertz CT molecular complexity index is 1300. The minimum Gasteiger partial charge on any atom is -0.478 e. The molecule has 3 heterocycles. The third kappa shape index (κ3) is 2.32. The number of benzene rings is 1. The minimum atomic E-state index is -1.06. The van der Waals surface area contributed by atoms with Gasteiger partial charge >= 0.3 is 5.97 Å². The Morgan fingerprint density at radius 2 is 1.92 bits per heavy atom. The van der Waals surface area contributed by atoms with Crippen LogP contribution in [0.15, 0.2) is 40.3 Å². The van der Waals surface area contributed by atoms with Crippen molar-refractivity contribution in [2.45, 2.75) is 6.92 Å². The molecule has 1 aromatic carbocycles. The summed E-state index contributed by atoms with van der Waals surface area (Å²) in [5.74, 6) is -0.680. The van der Waals surface area contributed by atoms with E-state index in [1.807, 2.05) is 0 Å². The van der Waals surface area contributed by atoms with Crippen molar-refractivity contribution >= 4 is 33.8 Å². The number of fused-ring (bicyclic) bond motifs is 2. The number of anilines is 2. The van der Waals surface area contributed by atoms with Gasteiger partial charge in [0.05, 0.1) is 16.3 Å². The summed E-state index contributed by atoms with van der Waals surface area (Å²) in [5, 5.41) is 21.4. The quantitative estimate of drug-likeness (QED) is 0.430. The number of hydrogen-bond donors (Lipinski definition) is 4. The molecule has 10 nitrogen and oxygen atoms in total. The van der Waals surface area contributed by atoms with Crippen molar-refractivity contribution in [2.24, 2.45) is 0 Å². The number of H-pyrrole nitrogens is 2. The van der Waals surface area contributed by atoms with Crippen molar-refractivity contribution in [2.75, 3.05) is 5.32 Å². The van der Waals surface area contributed by atoms with Gasteiger partial charge in [-0.15, -0.1) is 0 Å². The second-order valence-electron chi connectivity index (χ2n) is 5.67. The van der Waals surface area contributed by atoms with Crippen molar-refractivity contribution in [3.63, 3.8) is 0 Å². The molecule has 0 saturated heterocycles. The van der Waals surface area contributed by atoms with Crippen LogP contribution >= 0.6 is 0 Å². The van der Waals surface area contributed by atoms with Crippen molar-refractivity contribution in [3.8, 4) is 0 Å². The molecule has 0 unspecified atom stereocenters. The molecule has 0 radical (unpaired) electrons. The number of aromatic amines is 2. The van der Waals surface area contributed by atoms with E-state index in [2.05, 4.69) is 25.6 Å². The number of carboxylic acid groups (broad SMARTS) is 1. The van der Waals surface area contributed by atoms with Crippen LogP contribution in [0.25, 0.3) is 16.3 Å². The standard InChI is InChI=1S/C16H12N6O4/c1-7-11(16(25)26)5-22-12(7)13(17-6-18-22)19-8-2-3-9-10(4-8)15(24)21-20-14(9)23/h2-6H,1H3,(H,20,23)(H,21,24)(H,25,26)(H,17,18,19). The van der Waals surface area contributed by atoms with Crippen molar-refractivity contribution in [1.29, 1.82) is 0 Å². The zero-order valence-corrected chi connectivity index (χ0v) is 13.4.